The molecule has 1 fully saturated rings. The Kier molecular flexibility index (Phi) is 4.46. The number of amides is 1. The van der Waals surface area contributed by atoms with Crippen molar-refractivity contribution in [2.75, 3.05) is 23.3 Å². The molecule has 1 aromatic heterocycles. The summed E-state index contributed by atoms with van der Waals surface area (Å²) in [6.07, 6.45) is 3.78. The number of rotatable bonds is 3. The number of carbonyl (C=O) groups excluding carboxylic acids is 1. The van der Waals surface area contributed by atoms with E-state index in [2.05, 4.69) is 10.2 Å². The quantitative estimate of drug-likeness (QED) is 0.948. The minimum atomic E-state index is -0.282. The predicted molar refractivity (Wildman–Crippen MR) is 92.1 cm³/mol. The number of aromatic nitrogens is 1. The lowest BCUT2D eigenvalue weighted by Gasteiger charge is -2.28. The van der Waals surface area contributed by atoms with E-state index in [-0.39, 0.29) is 11.5 Å². The van der Waals surface area contributed by atoms with Gasteiger partial charge in [0.05, 0.1) is 0 Å². The minimum absolute atomic E-state index is 0.196. The first kappa shape index (κ1) is 15.3. The first-order valence-corrected chi connectivity index (χ1v) is 7.97. The maximum Gasteiger partial charge on any atom is 0.272 e. The summed E-state index contributed by atoms with van der Waals surface area (Å²) >= 11 is 0. The molecule has 5 heteroatoms. The lowest BCUT2D eigenvalue weighted by atomic mass is 10.1. The fraction of sp³-hybridized carbons (Fsp3) is 0.333. The molecule has 5 nitrogen and oxygen atoms in total. The molecule has 0 saturated carbocycles. The molecule has 0 bridgehead atoms. The van der Waals surface area contributed by atoms with E-state index in [4.69, 9.17) is 0 Å². The van der Waals surface area contributed by atoms with E-state index in [0.29, 0.717) is 5.69 Å². The van der Waals surface area contributed by atoms with E-state index in [0.717, 1.165) is 18.8 Å². The van der Waals surface area contributed by atoms with Crippen LogP contribution in [-0.4, -0.2) is 23.6 Å². The van der Waals surface area contributed by atoms with Crippen molar-refractivity contribution in [2.24, 2.45) is 7.05 Å². The first-order chi connectivity index (χ1) is 11.1. The average molecular weight is 311 g/mol. The van der Waals surface area contributed by atoms with Crippen molar-refractivity contribution in [3.63, 3.8) is 0 Å². The molecule has 1 aliphatic heterocycles. The molecule has 0 spiro atoms. The summed E-state index contributed by atoms with van der Waals surface area (Å²) in [7, 11) is 1.59. The number of pyridine rings is 1. The number of benzene rings is 1. The normalized spacial score (nSPS) is 14.6. The van der Waals surface area contributed by atoms with Crippen LogP contribution in [0.5, 0.6) is 0 Å². The Morgan fingerprint density at radius 3 is 2.39 bits per heavy atom. The van der Waals surface area contributed by atoms with Crippen LogP contribution in [0, 0.1) is 0 Å². The molecule has 0 radical (unpaired) electrons. The summed E-state index contributed by atoms with van der Waals surface area (Å²) in [5, 5.41) is 2.84. The van der Waals surface area contributed by atoms with Crippen molar-refractivity contribution in [3.05, 3.63) is 58.5 Å². The molecule has 2 aromatic rings. The van der Waals surface area contributed by atoms with Crippen molar-refractivity contribution >= 4 is 17.3 Å². The molecule has 1 aliphatic rings. The second-order valence-electron chi connectivity index (χ2n) is 5.86. The molecule has 1 saturated heterocycles. The van der Waals surface area contributed by atoms with E-state index in [9.17, 15) is 9.59 Å². The number of piperidine rings is 1. The molecule has 0 aliphatic carbocycles. The van der Waals surface area contributed by atoms with E-state index < -0.39 is 0 Å². The highest BCUT2D eigenvalue weighted by molar-refractivity contribution is 6.03. The number of hydrogen-bond acceptors (Lipinski definition) is 3. The van der Waals surface area contributed by atoms with Gasteiger partial charge in [0.15, 0.2) is 0 Å². The van der Waals surface area contributed by atoms with Gasteiger partial charge < -0.3 is 14.8 Å². The van der Waals surface area contributed by atoms with Crippen molar-refractivity contribution in [2.45, 2.75) is 19.3 Å². The van der Waals surface area contributed by atoms with E-state index >= 15 is 0 Å². The van der Waals surface area contributed by atoms with Gasteiger partial charge in [-0.3, -0.25) is 9.59 Å². The lowest BCUT2D eigenvalue weighted by molar-refractivity contribution is 0.101. The molecule has 0 atom stereocenters. The van der Waals surface area contributed by atoms with Crippen LogP contribution in [0.1, 0.15) is 29.8 Å². The average Bonchev–Trinajstić information content (AvgIpc) is 2.59. The number of carbonyl (C=O) groups is 1. The Morgan fingerprint density at radius 1 is 1.00 bits per heavy atom. The highest BCUT2D eigenvalue weighted by atomic mass is 16.2. The van der Waals surface area contributed by atoms with Crippen LogP contribution >= 0.6 is 0 Å². The maximum absolute atomic E-state index is 12.3. The molecule has 2 heterocycles. The summed E-state index contributed by atoms with van der Waals surface area (Å²) in [5.74, 6) is -0.282. The fourth-order valence-corrected chi connectivity index (χ4v) is 2.89. The van der Waals surface area contributed by atoms with Gasteiger partial charge in [0.1, 0.15) is 5.69 Å². The summed E-state index contributed by atoms with van der Waals surface area (Å²) in [6.45, 7) is 2.19. The summed E-state index contributed by atoms with van der Waals surface area (Å²) in [4.78, 5) is 26.3. The van der Waals surface area contributed by atoms with Gasteiger partial charge in [0, 0.05) is 37.6 Å². The molecular formula is C18H21N3O2. The number of anilines is 2. The van der Waals surface area contributed by atoms with Gasteiger partial charge in [0.2, 0.25) is 0 Å². The van der Waals surface area contributed by atoms with E-state index in [1.54, 1.807) is 19.2 Å². The SMILES string of the molecule is Cn1c(C(=O)Nc2ccc(N3CCCCC3)cc2)cccc1=O. The van der Waals surface area contributed by atoms with Gasteiger partial charge >= 0.3 is 0 Å². The smallest absolute Gasteiger partial charge is 0.272 e. The molecule has 1 amide bonds. The number of nitrogens with one attached hydrogen (secondary N) is 1. The largest absolute Gasteiger partial charge is 0.372 e. The van der Waals surface area contributed by atoms with Crippen LogP contribution in [0.3, 0.4) is 0 Å². The van der Waals surface area contributed by atoms with Crippen molar-refractivity contribution in [1.82, 2.24) is 4.57 Å². The van der Waals surface area contributed by atoms with Crippen LogP contribution in [0.4, 0.5) is 11.4 Å². The minimum Gasteiger partial charge on any atom is -0.372 e. The second-order valence-corrected chi connectivity index (χ2v) is 5.86. The standard InChI is InChI=1S/C18H21N3O2/c1-20-16(6-5-7-17(20)22)18(23)19-14-8-10-15(11-9-14)21-12-3-2-4-13-21/h5-11H,2-4,12-13H2,1H3,(H,19,23). The third kappa shape index (κ3) is 3.44. The van der Waals surface area contributed by atoms with Crippen LogP contribution < -0.4 is 15.8 Å². The van der Waals surface area contributed by atoms with Gasteiger partial charge in [0.25, 0.3) is 11.5 Å². The van der Waals surface area contributed by atoms with Gasteiger partial charge in [-0.1, -0.05) is 6.07 Å². The first-order valence-electron chi connectivity index (χ1n) is 7.97. The molecule has 120 valence electrons. The van der Waals surface area contributed by atoms with Gasteiger partial charge in [-0.05, 0) is 49.6 Å². The molecular weight excluding hydrogens is 290 g/mol. The van der Waals surface area contributed by atoms with Crippen molar-refractivity contribution < 1.29 is 4.79 Å². The van der Waals surface area contributed by atoms with Gasteiger partial charge in [-0.2, -0.15) is 0 Å². The molecule has 0 unspecified atom stereocenters. The maximum atomic E-state index is 12.3. The number of hydrogen-bond donors (Lipinski definition) is 1. The Hall–Kier alpha value is -2.56. The highest BCUT2D eigenvalue weighted by Crippen LogP contribution is 2.22. The number of nitrogens with zero attached hydrogens (tertiary/aromatic N) is 2. The summed E-state index contributed by atoms with van der Waals surface area (Å²) < 4.78 is 1.34. The van der Waals surface area contributed by atoms with Crippen LogP contribution in [0.15, 0.2) is 47.3 Å². The van der Waals surface area contributed by atoms with Gasteiger partial charge in [-0.25, -0.2) is 0 Å². The molecule has 23 heavy (non-hydrogen) atoms. The second kappa shape index (κ2) is 6.69. The van der Waals surface area contributed by atoms with E-state index in [1.807, 2.05) is 24.3 Å². The lowest BCUT2D eigenvalue weighted by Crippen LogP contribution is -2.29. The Morgan fingerprint density at radius 2 is 1.70 bits per heavy atom. The van der Waals surface area contributed by atoms with Crippen LogP contribution in [0.2, 0.25) is 0 Å². The molecule has 1 aromatic carbocycles. The fourth-order valence-electron chi connectivity index (χ4n) is 2.89. The third-order valence-electron chi connectivity index (χ3n) is 4.26. The molecule has 3 rings (SSSR count). The topological polar surface area (TPSA) is 54.3 Å². The Labute approximate surface area is 135 Å². The Bertz CT molecular complexity index is 744. The Balaban J connectivity index is 1.71. The predicted octanol–water partition coefficient (Wildman–Crippen LogP) is 2.63. The third-order valence-corrected chi connectivity index (χ3v) is 4.26. The van der Waals surface area contributed by atoms with Crippen molar-refractivity contribution in [3.8, 4) is 0 Å². The summed E-state index contributed by atoms with van der Waals surface area (Å²) in [6, 6.07) is 12.5. The van der Waals surface area contributed by atoms with Crippen LogP contribution in [0.25, 0.3) is 0 Å². The van der Waals surface area contributed by atoms with E-state index in [1.165, 1.54) is 35.6 Å². The zero-order valence-corrected chi connectivity index (χ0v) is 13.3. The molecule has 1 N–H and O–H groups in total. The van der Waals surface area contributed by atoms with Gasteiger partial charge in [-0.15, -0.1) is 0 Å². The summed E-state index contributed by atoms with van der Waals surface area (Å²) in [5.41, 5.74) is 2.07. The van der Waals surface area contributed by atoms with Crippen LogP contribution in [-0.2, 0) is 7.05 Å². The zero-order valence-electron chi connectivity index (χ0n) is 13.3. The monoisotopic (exact) mass is 311 g/mol. The zero-order chi connectivity index (χ0) is 16.2. The van der Waals surface area contributed by atoms with Crippen molar-refractivity contribution in [1.29, 1.82) is 0 Å². The highest BCUT2D eigenvalue weighted by Gasteiger charge is 2.12.